The van der Waals surface area contributed by atoms with Crippen molar-refractivity contribution < 1.29 is 4.79 Å². The number of carbonyl (C=O) groups is 1. The lowest BCUT2D eigenvalue weighted by Gasteiger charge is -2.16. The van der Waals surface area contributed by atoms with Crippen LogP contribution in [0.5, 0.6) is 0 Å². The van der Waals surface area contributed by atoms with E-state index in [4.69, 9.17) is 5.26 Å². The molecule has 96 valence electrons. The Morgan fingerprint density at radius 3 is 2.33 bits per heavy atom. The Kier molecular flexibility index (Phi) is 5.38. The van der Waals surface area contributed by atoms with E-state index >= 15 is 0 Å². The zero-order chi connectivity index (χ0) is 13.5. The number of amides is 1. The van der Waals surface area contributed by atoms with E-state index in [1.807, 2.05) is 18.2 Å². The molecular formula is C15H20N2O. The van der Waals surface area contributed by atoms with E-state index in [-0.39, 0.29) is 12.3 Å². The van der Waals surface area contributed by atoms with Crippen LogP contribution in [0.25, 0.3) is 0 Å². The second kappa shape index (κ2) is 6.80. The molecule has 0 aliphatic carbocycles. The van der Waals surface area contributed by atoms with Crippen molar-refractivity contribution in [1.29, 1.82) is 5.26 Å². The summed E-state index contributed by atoms with van der Waals surface area (Å²) in [6, 6.07) is 10.2. The minimum atomic E-state index is -0.135. The fraction of sp³-hybridized carbons (Fsp3) is 0.467. The van der Waals surface area contributed by atoms with Gasteiger partial charge in [-0.1, -0.05) is 38.1 Å². The van der Waals surface area contributed by atoms with E-state index in [2.05, 4.69) is 26.0 Å². The van der Waals surface area contributed by atoms with Gasteiger partial charge in [0.15, 0.2) is 0 Å². The second-order valence-corrected chi connectivity index (χ2v) is 5.00. The van der Waals surface area contributed by atoms with E-state index in [0.717, 1.165) is 12.0 Å². The van der Waals surface area contributed by atoms with Crippen molar-refractivity contribution in [1.82, 2.24) is 4.90 Å². The van der Waals surface area contributed by atoms with Crippen LogP contribution in [0.2, 0.25) is 0 Å². The summed E-state index contributed by atoms with van der Waals surface area (Å²) in [5, 5.41) is 8.47. The predicted octanol–water partition coefficient (Wildman–Crippen LogP) is 2.76. The Morgan fingerprint density at radius 1 is 1.28 bits per heavy atom. The molecule has 3 heteroatoms. The van der Waals surface area contributed by atoms with E-state index in [9.17, 15) is 4.79 Å². The summed E-state index contributed by atoms with van der Waals surface area (Å²) < 4.78 is 0. The third kappa shape index (κ3) is 4.58. The van der Waals surface area contributed by atoms with Crippen molar-refractivity contribution in [2.24, 2.45) is 5.92 Å². The van der Waals surface area contributed by atoms with Gasteiger partial charge in [-0.05, 0) is 23.5 Å². The molecule has 1 rings (SSSR count). The maximum atomic E-state index is 11.5. The van der Waals surface area contributed by atoms with E-state index in [0.29, 0.717) is 12.5 Å². The van der Waals surface area contributed by atoms with Crippen LogP contribution in [0, 0.1) is 17.2 Å². The minimum absolute atomic E-state index is 0.0536. The topological polar surface area (TPSA) is 44.1 Å². The average Bonchev–Trinajstić information content (AvgIpc) is 2.31. The highest BCUT2D eigenvalue weighted by atomic mass is 16.2. The summed E-state index contributed by atoms with van der Waals surface area (Å²) in [7, 11) is 1.72. The van der Waals surface area contributed by atoms with Gasteiger partial charge in [-0.3, -0.25) is 4.79 Å². The van der Waals surface area contributed by atoms with Gasteiger partial charge >= 0.3 is 0 Å². The Morgan fingerprint density at radius 2 is 1.83 bits per heavy atom. The molecule has 1 amide bonds. The zero-order valence-corrected chi connectivity index (χ0v) is 11.3. The number of nitrogens with zero attached hydrogens (tertiary/aromatic N) is 2. The molecule has 0 heterocycles. The van der Waals surface area contributed by atoms with Crippen molar-refractivity contribution in [3.05, 3.63) is 35.4 Å². The third-order valence-corrected chi connectivity index (χ3v) is 2.74. The van der Waals surface area contributed by atoms with Gasteiger partial charge in [0, 0.05) is 13.6 Å². The summed E-state index contributed by atoms with van der Waals surface area (Å²) in [5.74, 6) is 0.513. The highest BCUT2D eigenvalue weighted by Crippen LogP contribution is 2.11. The van der Waals surface area contributed by atoms with Gasteiger partial charge in [0.1, 0.15) is 6.42 Å². The van der Waals surface area contributed by atoms with Crippen molar-refractivity contribution in [2.45, 2.75) is 33.2 Å². The van der Waals surface area contributed by atoms with Gasteiger partial charge in [0.25, 0.3) is 0 Å². The van der Waals surface area contributed by atoms with Crippen LogP contribution in [0.1, 0.15) is 31.4 Å². The lowest BCUT2D eigenvalue weighted by molar-refractivity contribution is -0.129. The van der Waals surface area contributed by atoms with Gasteiger partial charge < -0.3 is 4.90 Å². The molecule has 0 spiro atoms. The van der Waals surface area contributed by atoms with Crippen LogP contribution in [0.15, 0.2) is 24.3 Å². The Balaban J connectivity index is 2.58. The van der Waals surface area contributed by atoms with Crippen LogP contribution in [-0.4, -0.2) is 17.9 Å². The molecule has 0 aliphatic heterocycles. The van der Waals surface area contributed by atoms with Gasteiger partial charge in [-0.25, -0.2) is 0 Å². The SMILES string of the molecule is CC(C)Cc1ccc(CN(C)C(=O)CC#N)cc1. The molecule has 0 saturated heterocycles. The Labute approximate surface area is 109 Å². The minimum Gasteiger partial charge on any atom is -0.341 e. The quantitative estimate of drug-likeness (QED) is 0.799. The summed E-state index contributed by atoms with van der Waals surface area (Å²) in [6.07, 6.45) is 1.02. The molecule has 18 heavy (non-hydrogen) atoms. The maximum absolute atomic E-state index is 11.5. The maximum Gasteiger partial charge on any atom is 0.236 e. The average molecular weight is 244 g/mol. The molecule has 0 atom stereocenters. The molecule has 0 N–H and O–H groups in total. The van der Waals surface area contributed by atoms with Crippen molar-refractivity contribution in [3.63, 3.8) is 0 Å². The molecular weight excluding hydrogens is 224 g/mol. The zero-order valence-electron chi connectivity index (χ0n) is 11.3. The Hall–Kier alpha value is -1.82. The van der Waals surface area contributed by atoms with Gasteiger partial charge in [0.05, 0.1) is 6.07 Å². The standard InChI is InChI=1S/C15H20N2O/c1-12(2)10-13-4-6-14(7-5-13)11-17(3)15(18)8-9-16/h4-7,12H,8,10-11H2,1-3H3. The van der Waals surface area contributed by atoms with E-state index < -0.39 is 0 Å². The van der Waals surface area contributed by atoms with Crippen LogP contribution in [0.4, 0.5) is 0 Å². The molecule has 0 radical (unpaired) electrons. The number of benzene rings is 1. The number of hydrogen-bond acceptors (Lipinski definition) is 2. The summed E-state index contributed by atoms with van der Waals surface area (Å²) in [6.45, 7) is 4.95. The van der Waals surface area contributed by atoms with Crippen LogP contribution in [0.3, 0.4) is 0 Å². The molecule has 0 unspecified atom stereocenters. The lowest BCUT2D eigenvalue weighted by atomic mass is 10.0. The summed E-state index contributed by atoms with van der Waals surface area (Å²) >= 11 is 0. The molecule has 1 aromatic rings. The van der Waals surface area contributed by atoms with E-state index in [1.165, 1.54) is 5.56 Å². The fourth-order valence-corrected chi connectivity index (χ4v) is 1.82. The number of nitriles is 1. The highest BCUT2D eigenvalue weighted by molar-refractivity contribution is 5.77. The van der Waals surface area contributed by atoms with Gasteiger partial charge in [0.2, 0.25) is 5.91 Å². The van der Waals surface area contributed by atoms with Gasteiger partial charge in [-0.2, -0.15) is 5.26 Å². The fourth-order valence-electron chi connectivity index (χ4n) is 1.82. The third-order valence-electron chi connectivity index (χ3n) is 2.74. The molecule has 0 saturated carbocycles. The monoisotopic (exact) mass is 244 g/mol. The number of carbonyl (C=O) groups excluding carboxylic acids is 1. The van der Waals surface area contributed by atoms with Crippen LogP contribution >= 0.6 is 0 Å². The highest BCUT2D eigenvalue weighted by Gasteiger charge is 2.08. The first-order chi connectivity index (χ1) is 8.52. The smallest absolute Gasteiger partial charge is 0.236 e. The lowest BCUT2D eigenvalue weighted by Crippen LogP contribution is -2.25. The number of rotatable bonds is 5. The predicted molar refractivity (Wildman–Crippen MR) is 71.7 cm³/mol. The second-order valence-electron chi connectivity index (χ2n) is 5.00. The molecule has 3 nitrogen and oxygen atoms in total. The molecule has 0 aromatic heterocycles. The van der Waals surface area contributed by atoms with Crippen molar-refractivity contribution in [3.8, 4) is 6.07 Å². The first-order valence-electron chi connectivity index (χ1n) is 6.21. The number of hydrogen-bond donors (Lipinski definition) is 0. The van der Waals surface area contributed by atoms with Gasteiger partial charge in [-0.15, -0.1) is 0 Å². The normalized spacial score (nSPS) is 10.2. The molecule has 0 bridgehead atoms. The first kappa shape index (κ1) is 14.2. The summed E-state index contributed by atoms with van der Waals surface area (Å²) in [4.78, 5) is 13.0. The molecule has 1 aromatic carbocycles. The Bertz CT molecular complexity index is 429. The largest absolute Gasteiger partial charge is 0.341 e. The van der Waals surface area contributed by atoms with Crippen LogP contribution < -0.4 is 0 Å². The first-order valence-corrected chi connectivity index (χ1v) is 6.21. The van der Waals surface area contributed by atoms with Crippen LogP contribution in [-0.2, 0) is 17.8 Å². The summed E-state index contributed by atoms with van der Waals surface area (Å²) in [5.41, 5.74) is 2.41. The molecule has 0 fully saturated rings. The molecule has 0 aliphatic rings. The van der Waals surface area contributed by atoms with Crippen molar-refractivity contribution >= 4 is 5.91 Å². The van der Waals surface area contributed by atoms with Crippen molar-refractivity contribution in [2.75, 3.05) is 7.05 Å². The van der Waals surface area contributed by atoms with E-state index in [1.54, 1.807) is 11.9 Å².